The van der Waals surface area contributed by atoms with Crippen LogP contribution >= 0.6 is 22.9 Å². The summed E-state index contributed by atoms with van der Waals surface area (Å²) >= 11 is 7.23. The normalized spacial score (nSPS) is 10.6. The van der Waals surface area contributed by atoms with Crippen molar-refractivity contribution in [2.45, 2.75) is 19.8 Å². The van der Waals surface area contributed by atoms with E-state index >= 15 is 0 Å². The summed E-state index contributed by atoms with van der Waals surface area (Å²) in [4.78, 5) is 30.4. The number of aryl methyl sites for hydroxylation is 1. The van der Waals surface area contributed by atoms with E-state index in [4.69, 9.17) is 22.1 Å². The SMILES string of the molecule is Cc1cc(Cl)ccc1OCCCC(=O)Nc1nc(-c2c[nH]c(C(N)=O)c2)cs1. The van der Waals surface area contributed by atoms with Gasteiger partial charge in [-0.05, 0) is 43.2 Å². The van der Waals surface area contributed by atoms with Crippen molar-refractivity contribution in [2.24, 2.45) is 5.73 Å². The molecule has 28 heavy (non-hydrogen) atoms. The molecule has 2 aromatic heterocycles. The van der Waals surface area contributed by atoms with Crippen LogP contribution in [0.4, 0.5) is 5.13 Å². The summed E-state index contributed by atoms with van der Waals surface area (Å²) in [5, 5.41) is 5.74. The van der Waals surface area contributed by atoms with E-state index in [0.717, 1.165) is 16.9 Å². The van der Waals surface area contributed by atoms with Crippen molar-refractivity contribution in [3.63, 3.8) is 0 Å². The number of nitrogens with two attached hydrogens (primary N) is 1. The molecule has 0 aliphatic heterocycles. The molecular weight excluding hydrogens is 400 g/mol. The summed E-state index contributed by atoms with van der Waals surface area (Å²) in [5.74, 6) is 0.0893. The number of rotatable bonds is 8. The van der Waals surface area contributed by atoms with Crippen LogP contribution in [0.25, 0.3) is 11.3 Å². The minimum Gasteiger partial charge on any atom is -0.493 e. The highest BCUT2D eigenvalue weighted by molar-refractivity contribution is 7.14. The van der Waals surface area contributed by atoms with E-state index in [1.165, 1.54) is 11.3 Å². The largest absolute Gasteiger partial charge is 0.493 e. The summed E-state index contributed by atoms with van der Waals surface area (Å²) in [6, 6.07) is 7.05. The molecule has 3 aromatic rings. The molecule has 0 aliphatic rings. The van der Waals surface area contributed by atoms with E-state index in [-0.39, 0.29) is 5.91 Å². The van der Waals surface area contributed by atoms with Gasteiger partial charge in [0.05, 0.1) is 12.3 Å². The molecule has 146 valence electrons. The standard InChI is InChI=1S/C19H19ClN4O3S/c1-11-7-13(20)4-5-16(11)27-6-2-3-17(25)24-19-23-15(10-28-19)12-8-14(18(21)26)22-9-12/h4-5,7-10,22H,2-3,6H2,1H3,(H2,21,26)(H,23,24,25). The number of nitrogens with one attached hydrogen (secondary N) is 2. The van der Waals surface area contributed by atoms with Crippen LogP contribution in [0.2, 0.25) is 5.02 Å². The Kier molecular flexibility index (Phi) is 6.33. The average Bonchev–Trinajstić information content (AvgIpc) is 3.29. The predicted molar refractivity (Wildman–Crippen MR) is 110 cm³/mol. The number of hydrogen-bond acceptors (Lipinski definition) is 5. The average molecular weight is 419 g/mol. The number of carbonyl (C=O) groups excluding carboxylic acids is 2. The number of amides is 2. The molecule has 0 bridgehead atoms. The Morgan fingerprint density at radius 2 is 2.18 bits per heavy atom. The minimum atomic E-state index is -0.536. The maximum Gasteiger partial charge on any atom is 0.265 e. The third kappa shape index (κ3) is 5.11. The van der Waals surface area contributed by atoms with E-state index in [2.05, 4.69) is 15.3 Å². The molecule has 0 radical (unpaired) electrons. The molecule has 0 fully saturated rings. The number of thiazole rings is 1. The number of aromatic amines is 1. The zero-order chi connectivity index (χ0) is 20.1. The van der Waals surface area contributed by atoms with Crippen molar-refractivity contribution in [2.75, 3.05) is 11.9 Å². The van der Waals surface area contributed by atoms with E-state index in [1.54, 1.807) is 23.7 Å². The Hall–Kier alpha value is -2.84. The number of benzene rings is 1. The second-order valence-electron chi connectivity index (χ2n) is 6.11. The molecule has 2 amide bonds. The summed E-state index contributed by atoms with van der Waals surface area (Å²) in [6.07, 6.45) is 2.54. The quantitative estimate of drug-likeness (QED) is 0.480. The van der Waals surface area contributed by atoms with Crippen molar-refractivity contribution < 1.29 is 14.3 Å². The van der Waals surface area contributed by atoms with E-state index in [1.807, 2.05) is 19.1 Å². The number of ether oxygens (including phenoxy) is 1. The van der Waals surface area contributed by atoms with Gasteiger partial charge >= 0.3 is 0 Å². The Morgan fingerprint density at radius 1 is 1.36 bits per heavy atom. The first kappa shape index (κ1) is 19.9. The first-order valence-electron chi connectivity index (χ1n) is 8.55. The third-order valence-corrected chi connectivity index (χ3v) is 4.93. The van der Waals surface area contributed by atoms with Gasteiger partial charge in [0.25, 0.3) is 5.91 Å². The molecule has 9 heteroatoms. The third-order valence-electron chi connectivity index (χ3n) is 3.94. The lowest BCUT2D eigenvalue weighted by Crippen LogP contribution is -2.12. The topological polar surface area (TPSA) is 110 Å². The molecule has 2 heterocycles. The van der Waals surface area contributed by atoms with Gasteiger partial charge in [-0.1, -0.05) is 11.6 Å². The molecule has 3 rings (SSSR count). The molecule has 0 saturated carbocycles. The van der Waals surface area contributed by atoms with Gasteiger partial charge in [-0.2, -0.15) is 0 Å². The van der Waals surface area contributed by atoms with Gasteiger partial charge in [0.2, 0.25) is 5.91 Å². The fourth-order valence-corrected chi connectivity index (χ4v) is 3.48. The van der Waals surface area contributed by atoms with E-state index < -0.39 is 5.91 Å². The number of H-pyrrole nitrogens is 1. The Morgan fingerprint density at radius 3 is 2.89 bits per heavy atom. The molecule has 0 atom stereocenters. The van der Waals surface area contributed by atoms with Gasteiger partial charge in [0.15, 0.2) is 5.13 Å². The van der Waals surface area contributed by atoms with Crippen LogP contribution in [0.5, 0.6) is 5.75 Å². The van der Waals surface area contributed by atoms with Crippen molar-refractivity contribution in [3.05, 3.63) is 52.1 Å². The molecular formula is C19H19ClN4O3S. The van der Waals surface area contributed by atoms with Crippen molar-refractivity contribution >= 4 is 39.9 Å². The number of anilines is 1. The Labute approximate surface area is 170 Å². The number of nitrogens with zero attached hydrogens (tertiary/aromatic N) is 1. The van der Waals surface area contributed by atoms with Crippen molar-refractivity contribution in [3.8, 4) is 17.0 Å². The van der Waals surface area contributed by atoms with E-state index in [9.17, 15) is 9.59 Å². The minimum absolute atomic E-state index is 0.135. The number of carbonyl (C=O) groups is 2. The molecule has 4 N–H and O–H groups in total. The van der Waals surface area contributed by atoms with Crippen molar-refractivity contribution in [1.82, 2.24) is 9.97 Å². The number of primary amides is 1. The zero-order valence-corrected chi connectivity index (χ0v) is 16.7. The monoisotopic (exact) mass is 418 g/mol. The molecule has 0 saturated heterocycles. The van der Waals surface area contributed by atoms with Crippen LogP contribution in [0.1, 0.15) is 28.9 Å². The highest BCUT2D eigenvalue weighted by Gasteiger charge is 2.11. The van der Waals surface area contributed by atoms with Gasteiger partial charge in [-0.25, -0.2) is 4.98 Å². The van der Waals surface area contributed by atoms with E-state index in [0.29, 0.717) is 41.0 Å². The molecule has 7 nitrogen and oxygen atoms in total. The second kappa shape index (κ2) is 8.90. The Balaban J connectivity index is 1.46. The molecule has 0 unspecified atom stereocenters. The van der Waals surface area contributed by atoms with Gasteiger partial charge in [-0.3, -0.25) is 9.59 Å². The first-order valence-corrected chi connectivity index (χ1v) is 9.81. The fraction of sp³-hybridized carbons (Fsp3) is 0.211. The summed E-state index contributed by atoms with van der Waals surface area (Å²) < 4.78 is 5.68. The van der Waals surface area contributed by atoms with Crippen LogP contribution in [0.3, 0.4) is 0 Å². The molecule has 0 spiro atoms. The first-order chi connectivity index (χ1) is 13.4. The lowest BCUT2D eigenvalue weighted by Gasteiger charge is -2.09. The van der Waals surface area contributed by atoms with Gasteiger partial charge in [0, 0.05) is 28.6 Å². The highest BCUT2D eigenvalue weighted by atomic mass is 35.5. The van der Waals surface area contributed by atoms with Crippen LogP contribution in [-0.2, 0) is 4.79 Å². The lowest BCUT2D eigenvalue weighted by atomic mass is 10.2. The van der Waals surface area contributed by atoms with Crippen LogP contribution in [0.15, 0.2) is 35.8 Å². The number of halogens is 1. The maximum absolute atomic E-state index is 12.1. The summed E-state index contributed by atoms with van der Waals surface area (Å²) in [5.41, 5.74) is 7.88. The van der Waals surface area contributed by atoms with Crippen LogP contribution < -0.4 is 15.8 Å². The highest BCUT2D eigenvalue weighted by Crippen LogP contribution is 2.26. The van der Waals surface area contributed by atoms with Crippen LogP contribution in [-0.4, -0.2) is 28.4 Å². The van der Waals surface area contributed by atoms with Gasteiger partial charge in [-0.15, -0.1) is 11.3 Å². The summed E-state index contributed by atoms with van der Waals surface area (Å²) in [7, 11) is 0. The van der Waals surface area contributed by atoms with Crippen molar-refractivity contribution in [1.29, 1.82) is 0 Å². The predicted octanol–water partition coefficient (Wildman–Crippen LogP) is 4.00. The Bertz CT molecular complexity index is 999. The lowest BCUT2D eigenvalue weighted by molar-refractivity contribution is -0.116. The second-order valence-corrected chi connectivity index (χ2v) is 7.41. The maximum atomic E-state index is 12.1. The number of aromatic nitrogens is 2. The smallest absolute Gasteiger partial charge is 0.265 e. The van der Waals surface area contributed by atoms with Gasteiger partial charge < -0.3 is 20.8 Å². The number of hydrogen-bond donors (Lipinski definition) is 3. The molecule has 0 aliphatic carbocycles. The molecule has 1 aromatic carbocycles. The van der Waals surface area contributed by atoms with Crippen LogP contribution in [0, 0.1) is 6.92 Å². The fourth-order valence-electron chi connectivity index (χ4n) is 2.52. The summed E-state index contributed by atoms with van der Waals surface area (Å²) in [6.45, 7) is 2.35. The zero-order valence-electron chi connectivity index (χ0n) is 15.1. The van der Waals surface area contributed by atoms with Gasteiger partial charge in [0.1, 0.15) is 11.4 Å².